The molecule has 0 aliphatic carbocycles. The van der Waals surface area contributed by atoms with Gasteiger partial charge in [0.2, 0.25) is 0 Å². The molecule has 1 aliphatic rings. The van der Waals surface area contributed by atoms with Gasteiger partial charge in [-0.1, -0.05) is 30.3 Å². The Kier molecular flexibility index (Phi) is 5.34. The molecule has 0 radical (unpaired) electrons. The van der Waals surface area contributed by atoms with Crippen molar-refractivity contribution in [1.29, 1.82) is 0 Å². The molecule has 0 spiro atoms. The summed E-state index contributed by atoms with van der Waals surface area (Å²) in [6.07, 6.45) is 5.76. The van der Waals surface area contributed by atoms with Crippen molar-refractivity contribution in [2.45, 2.75) is 32.0 Å². The highest BCUT2D eigenvalue weighted by molar-refractivity contribution is 5.92. The predicted octanol–water partition coefficient (Wildman–Crippen LogP) is 3.24. The Bertz CT molecular complexity index is 851. The number of furan rings is 1. The molecule has 4 rings (SSSR count). The molecule has 6 heteroatoms. The third kappa shape index (κ3) is 4.28. The van der Waals surface area contributed by atoms with E-state index in [1.54, 1.807) is 11.2 Å². The normalized spacial score (nSPS) is 17.0. The molecule has 1 atom stereocenters. The minimum atomic E-state index is -0.0854. The molecule has 3 aromatic rings. The summed E-state index contributed by atoms with van der Waals surface area (Å²) in [7, 11) is 0. The van der Waals surface area contributed by atoms with E-state index >= 15 is 0 Å². The fraction of sp³-hybridized carbons (Fsp3) is 0.333. The molecule has 3 heterocycles. The van der Waals surface area contributed by atoms with Crippen LogP contribution in [0.1, 0.15) is 40.7 Å². The van der Waals surface area contributed by atoms with E-state index in [9.17, 15) is 4.79 Å². The van der Waals surface area contributed by atoms with Gasteiger partial charge in [-0.3, -0.25) is 9.48 Å². The van der Waals surface area contributed by atoms with Gasteiger partial charge in [0.25, 0.3) is 5.91 Å². The monoisotopic (exact) mass is 364 g/mol. The second-order valence-electron chi connectivity index (χ2n) is 6.91. The average Bonchev–Trinajstić information content (AvgIpc) is 3.41. The molecule has 1 amide bonds. The molecule has 6 nitrogen and oxygen atoms in total. The first kappa shape index (κ1) is 17.5. The SMILES string of the molecule is O=C(c1ccn(C2CCCNC2)n1)N(Cc1ccccc1)Cc1ccco1. The first-order valence-corrected chi connectivity index (χ1v) is 9.41. The van der Waals surface area contributed by atoms with Crippen LogP contribution in [0, 0.1) is 0 Å². The lowest BCUT2D eigenvalue weighted by Gasteiger charge is -2.23. The predicted molar refractivity (Wildman–Crippen MR) is 102 cm³/mol. The summed E-state index contributed by atoms with van der Waals surface area (Å²) in [6, 6.07) is 15.8. The van der Waals surface area contributed by atoms with Gasteiger partial charge < -0.3 is 14.6 Å². The number of amides is 1. The Morgan fingerprint density at radius 3 is 2.81 bits per heavy atom. The van der Waals surface area contributed by atoms with Crippen molar-refractivity contribution < 1.29 is 9.21 Å². The smallest absolute Gasteiger partial charge is 0.275 e. The molecule has 27 heavy (non-hydrogen) atoms. The molecule has 1 fully saturated rings. The van der Waals surface area contributed by atoms with Crippen molar-refractivity contribution in [1.82, 2.24) is 20.0 Å². The molecule has 2 aromatic heterocycles. The quantitative estimate of drug-likeness (QED) is 0.729. The van der Waals surface area contributed by atoms with E-state index < -0.39 is 0 Å². The van der Waals surface area contributed by atoms with E-state index in [-0.39, 0.29) is 5.91 Å². The maximum absolute atomic E-state index is 13.2. The van der Waals surface area contributed by atoms with Gasteiger partial charge in [0.15, 0.2) is 0 Å². The molecule has 1 N–H and O–H groups in total. The van der Waals surface area contributed by atoms with Crippen LogP contribution in [0.4, 0.5) is 0 Å². The lowest BCUT2D eigenvalue weighted by molar-refractivity contribution is 0.0710. The highest BCUT2D eigenvalue weighted by Crippen LogP contribution is 2.18. The molecule has 0 bridgehead atoms. The third-order valence-corrected chi connectivity index (χ3v) is 4.90. The minimum Gasteiger partial charge on any atom is -0.467 e. The number of hydrogen-bond acceptors (Lipinski definition) is 4. The number of hydrogen-bond donors (Lipinski definition) is 1. The molecule has 140 valence electrons. The largest absolute Gasteiger partial charge is 0.467 e. The van der Waals surface area contributed by atoms with E-state index in [2.05, 4.69) is 10.4 Å². The van der Waals surface area contributed by atoms with Crippen LogP contribution in [-0.2, 0) is 13.1 Å². The zero-order valence-electron chi connectivity index (χ0n) is 15.3. The lowest BCUT2D eigenvalue weighted by atomic mass is 10.1. The standard InChI is InChI=1S/C21H24N4O2/c26-21(20-10-12-25(23-20)18-8-4-11-22-14-18)24(16-19-9-5-13-27-19)15-17-6-2-1-3-7-17/h1-3,5-7,9-10,12-13,18,22H,4,8,11,14-16H2. The second kappa shape index (κ2) is 8.22. The van der Waals surface area contributed by atoms with Crippen molar-refractivity contribution in [3.8, 4) is 0 Å². The topological polar surface area (TPSA) is 63.3 Å². The number of benzene rings is 1. The maximum atomic E-state index is 13.2. The van der Waals surface area contributed by atoms with E-state index in [0.29, 0.717) is 24.8 Å². The van der Waals surface area contributed by atoms with E-state index in [1.807, 2.05) is 59.4 Å². The Hall–Kier alpha value is -2.86. The lowest BCUT2D eigenvalue weighted by Crippen LogP contribution is -2.33. The summed E-state index contributed by atoms with van der Waals surface area (Å²) in [4.78, 5) is 14.9. The van der Waals surface area contributed by atoms with Gasteiger partial charge in [0.1, 0.15) is 11.5 Å². The van der Waals surface area contributed by atoms with Gasteiger partial charge in [-0.15, -0.1) is 0 Å². The Morgan fingerprint density at radius 1 is 1.19 bits per heavy atom. The van der Waals surface area contributed by atoms with Gasteiger partial charge >= 0.3 is 0 Å². The van der Waals surface area contributed by atoms with Crippen LogP contribution in [0.3, 0.4) is 0 Å². The number of rotatable bonds is 6. The molecule has 1 saturated heterocycles. The van der Waals surface area contributed by atoms with Crippen LogP contribution in [0.25, 0.3) is 0 Å². The molecule has 1 aromatic carbocycles. The van der Waals surface area contributed by atoms with Gasteiger partial charge in [0, 0.05) is 19.3 Å². The van der Waals surface area contributed by atoms with Crippen molar-refractivity contribution >= 4 is 5.91 Å². The summed E-state index contributed by atoms with van der Waals surface area (Å²) < 4.78 is 7.38. The van der Waals surface area contributed by atoms with E-state index in [1.165, 1.54) is 0 Å². The summed E-state index contributed by atoms with van der Waals surface area (Å²) >= 11 is 0. The first-order valence-electron chi connectivity index (χ1n) is 9.41. The zero-order chi connectivity index (χ0) is 18.5. The number of carbonyl (C=O) groups excluding carboxylic acids is 1. The number of carbonyl (C=O) groups is 1. The van der Waals surface area contributed by atoms with E-state index in [4.69, 9.17) is 4.42 Å². The van der Waals surface area contributed by atoms with Crippen LogP contribution >= 0.6 is 0 Å². The Labute approximate surface area is 158 Å². The van der Waals surface area contributed by atoms with Gasteiger partial charge in [-0.05, 0) is 43.1 Å². The molecular formula is C21H24N4O2. The first-order chi connectivity index (χ1) is 13.3. The number of nitrogens with zero attached hydrogens (tertiary/aromatic N) is 3. The Balaban J connectivity index is 1.53. The summed E-state index contributed by atoms with van der Waals surface area (Å²) in [5.74, 6) is 0.674. The molecule has 0 saturated carbocycles. The van der Waals surface area contributed by atoms with Crippen molar-refractivity contribution in [3.05, 3.63) is 78.0 Å². The molecule has 1 aliphatic heterocycles. The Morgan fingerprint density at radius 2 is 2.07 bits per heavy atom. The van der Waals surface area contributed by atoms with Crippen LogP contribution in [0.2, 0.25) is 0 Å². The number of piperidine rings is 1. The van der Waals surface area contributed by atoms with Crippen LogP contribution in [0.5, 0.6) is 0 Å². The molecular weight excluding hydrogens is 340 g/mol. The average molecular weight is 364 g/mol. The van der Waals surface area contributed by atoms with Crippen molar-refractivity contribution in [2.75, 3.05) is 13.1 Å². The number of nitrogens with one attached hydrogen (secondary N) is 1. The van der Waals surface area contributed by atoms with Gasteiger partial charge in [-0.25, -0.2) is 0 Å². The van der Waals surface area contributed by atoms with Gasteiger partial charge in [0.05, 0.1) is 18.8 Å². The van der Waals surface area contributed by atoms with Crippen LogP contribution in [-0.4, -0.2) is 33.7 Å². The zero-order valence-corrected chi connectivity index (χ0v) is 15.3. The third-order valence-electron chi connectivity index (χ3n) is 4.90. The van der Waals surface area contributed by atoms with E-state index in [0.717, 1.165) is 37.3 Å². The maximum Gasteiger partial charge on any atom is 0.275 e. The van der Waals surface area contributed by atoms with Crippen LogP contribution in [0.15, 0.2) is 65.4 Å². The highest BCUT2D eigenvalue weighted by atomic mass is 16.3. The summed E-state index contributed by atoms with van der Waals surface area (Å²) in [5, 5.41) is 7.97. The summed E-state index contributed by atoms with van der Waals surface area (Å²) in [5.41, 5.74) is 1.55. The van der Waals surface area contributed by atoms with Crippen molar-refractivity contribution in [3.63, 3.8) is 0 Å². The summed E-state index contributed by atoms with van der Waals surface area (Å²) in [6.45, 7) is 2.88. The second-order valence-corrected chi connectivity index (χ2v) is 6.91. The van der Waals surface area contributed by atoms with Crippen LogP contribution < -0.4 is 5.32 Å². The fourth-order valence-corrected chi connectivity index (χ4v) is 3.47. The number of aromatic nitrogens is 2. The van der Waals surface area contributed by atoms with Gasteiger partial charge in [-0.2, -0.15) is 5.10 Å². The highest BCUT2D eigenvalue weighted by Gasteiger charge is 2.22. The van der Waals surface area contributed by atoms with Crippen molar-refractivity contribution in [2.24, 2.45) is 0 Å². The molecule has 1 unspecified atom stereocenters. The minimum absolute atomic E-state index is 0.0854. The fourth-order valence-electron chi connectivity index (χ4n) is 3.47.